The van der Waals surface area contributed by atoms with Crippen LogP contribution in [0.15, 0.2) is 36.5 Å². The lowest BCUT2D eigenvalue weighted by atomic mass is 10.2. The zero-order valence-corrected chi connectivity index (χ0v) is 10.6. The van der Waals surface area contributed by atoms with E-state index in [1.807, 2.05) is 30.3 Å². The van der Waals surface area contributed by atoms with Crippen LogP contribution in [0.1, 0.15) is 11.1 Å². The van der Waals surface area contributed by atoms with Gasteiger partial charge in [0.2, 0.25) is 0 Å². The Morgan fingerprint density at radius 2 is 2.21 bits per heavy atom. The number of hydrogen-bond acceptors (Lipinski definition) is 5. The number of ether oxygens (including phenoxy) is 1. The topological polar surface area (TPSA) is 84.0 Å². The summed E-state index contributed by atoms with van der Waals surface area (Å²) in [4.78, 5) is 4.12. The monoisotopic (exact) mass is 254 g/mol. The molecule has 5 heteroatoms. The van der Waals surface area contributed by atoms with Gasteiger partial charge in [0.15, 0.2) is 0 Å². The van der Waals surface area contributed by atoms with Crippen molar-refractivity contribution in [3.05, 3.63) is 47.7 Å². The van der Waals surface area contributed by atoms with Crippen LogP contribution in [0.25, 0.3) is 0 Å². The number of pyridine rings is 1. The van der Waals surface area contributed by atoms with Gasteiger partial charge in [-0.2, -0.15) is 5.26 Å². The average Bonchev–Trinajstić information content (AvgIpc) is 2.46. The Hall–Kier alpha value is -2.74. The van der Waals surface area contributed by atoms with Gasteiger partial charge in [0.05, 0.1) is 18.4 Å². The van der Waals surface area contributed by atoms with Crippen molar-refractivity contribution in [3.63, 3.8) is 0 Å². The summed E-state index contributed by atoms with van der Waals surface area (Å²) in [6, 6.07) is 11.3. The molecule has 2 aromatic rings. The maximum atomic E-state index is 8.75. The third-order valence-electron chi connectivity index (χ3n) is 2.69. The molecule has 1 aromatic carbocycles. The molecule has 0 bridgehead atoms. The van der Waals surface area contributed by atoms with Gasteiger partial charge in [0, 0.05) is 18.3 Å². The van der Waals surface area contributed by atoms with Crippen LogP contribution >= 0.6 is 0 Å². The predicted octanol–water partition coefficient (Wildman–Crippen LogP) is 2.16. The minimum atomic E-state index is 0.445. The molecule has 96 valence electrons. The number of nitrogens with two attached hydrogens (primary N) is 1. The summed E-state index contributed by atoms with van der Waals surface area (Å²) in [5.41, 5.74) is 7.73. The summed E-state index contributed by atoms with van der Waals surface area (Å²) in [5, 5.41) is 11.9. The number of rotatable bonds is 4. The number of benzene rings is 1. The van der Waals surface area contributed by atoms with Crippen molar-refractivity contribution in [3.8, 4) is 11.8 Å². The molecule has 1 aromatic heterocycles. The fourth-order valence-corrected chi connectivity index (χ4v) is 1.72. The van der Waals surface area contributed by atoms with Crippen LogP contribution in [-0.2, 0) is 6.54 Å². The number of nitriles is 1. The minimum absolute atomic E-state index is 0.445. The van der Waals surface area contributed by atoms with Gasteiger partial charge in [0.1, 0.15) is 17.6 Å². The molecule has 2 rings (SSSR count). The molecular formula is C14H14N4O. The van der Waals surface area contributed by atoms with E-state index < -0.39 is 0 Å². The second kappa shape index (κ2) is 5.74. The first kappa shape index (κ1) is 12.7. The quantitative estimate of drug-likeness (QED) is 0.873. The van der Waals surface area contributed by atoms with Crippen molar-refractivity contribution < 1.29 is 4.74 Å². The third kappa shape index (κ3) is 2.93. The molecule has 0 aliphatic carbocycles. The Morgan fingerprint density at radius 3 is 2.89 bits per heavy atom. The summed E-state index contributed by atoms with van der Waals surface area (Å²) in [7, 11) is 1.63. The molecule has 0 aliphatic heterocycles. The second-order valence-electron chi connectivity index (χ2n) is 3.94. The molecule has 0 saturated heterocycles. The summed E-state index contributed by atoms with van der Waals surface area (Å²) in [6.07, 6.45) is 1.49. The molecule has 0 aliphatic rings. The maximum Gasteiger partial charge on any atom is 0.149 e. The van der Waals surface area contributed by atoms with E-state index in [-0.39, 0.29) is 0 Å². The van der Waals surface area contributed by atoms with Gasteiger partial charge in [-0.25, -0.2) is 4.98 Å². The van der Waals surface area contributed by atoms with E-state index in [4.69, 9.17) is 15.7 Å². The van der Waals surface area contributed by atoms with Crippen LogP contribution in [0.2, 0.25) is 0 Å². The highest BCUT2D eigenvalue weighted by atomic mass is 16.5. The van der Waals surface area contributed by atoms with E-state index >= 15 is 0 Å². The third-order valence-corrected chi connectivity index (χ3v) is 2.69. The van der Waals surface area contributed by atoms with Gasteiger partial charge in [-0.05, 0) is 12.1 Å². The maximum absolute atomic E-state index is 8.75. The van der Waals surface area contributed by atoms with Gasteiger partial charge >= 0.3 is 0 Å². The van der Waals surface area contributed by atoms with E-state index in [1.54, 1.807) is 13.2 Å². The Morgan fingerprint density at radius 1 is 1.42 bits per heavy atom. The highest BCUT2D eigenvalue weighted by Gasteiger charge is 2.05. The van der Waals surface area contributed by atoms with E-state index in [0.29, 0.717) is 23.6 Å². The zero-order valence-electron chi connectivity index (χ0n) is 10.6. The highest BCUT2D eigenvalue weighted by molar-refractivity contribution is 5.63. The number of nitrogens with one attached hydrogen (secondary N) is 1. The SMILES string of the molecule is COc1ccccc1CNc1ncc(C#N)cc1N. The average molecular weight is 254 g/mol. The van der Waals surface area contributed by atoms with E-state index in [1.165, 1.54) is 6.20 Å². The van der Waals surface area contributed by atoms with Crippen LogP contribution in [0.5, 0.6) is 5.75 Å². The molecule has 1 heterocycles. The number of para-hydroxylation sites is 1. The molecule has 0 spiro atoms. The second-order valence-corrected chi connectivity index (χ2v) is 3.94. The number of hydrogen-bond donors (Lipinski definition) is 2. The van der Waals surface area contributed by atoms with E-state index in [0.717, 1.165) is 11.3 Å². The van der Waals surface area contributed by atoms with Crippen LogP contribution in [-0.4, -0.2) is 12.1 Å². The summed E-state index contributed by atoms with van der Waals surface area (Å²) < 4.78 is 5.27. The van der Waals surface area contributed by atoms with E-state index in [9.17, 15) is 0 Å². The fourth-order valence-electron chi connectivity index (χ4n) is 1.72. The van der Waals surface area contributed by atoms with Crippen molar-refractivity contribution in [2.75, 3.05) is 18.2 Å². The molecule has 0 fully saturated rings. The van der Waals surface area contributed by atoms with Gasteiger partial charge in [-0.15, -0.1) is 0 Å². The highest BCUT2D eigenvalue weighted by Crippen LogP contribution is 2.21. The van der Waals surface area contributed by atoms with Crippen molar-refractivity contribution >= 4 is 11.5 Å². The molecule has 0 radical (unpaired) electrons. The largest absolute Gasteiger partial charge is 0.496 e. The molecule has 0 atom stereocenters. The summed E-state index contributed by atoms with van der Waals surface area (Å²) in [6.45, 7) is 0.549. The molecule has 5 nitrogen and oxygen atoms in total. The number of methoxy groups -OCH3 is 1. The lowest BCUT2D eigenvalue weighted by Crippen LogP contribution is -2.06. The first-order valence-electron chi connectivity index (χ1n) is 5.76. The molecule has 0 unspecified atom stereocenters. The number of anilines is 2. The Bertz CT molecular complexity index is 619. The minimum Gasteiger partial charge on any atom is -0.496 e. The Balaban J connectivity index is 2.13. The Kier molecular flexibility index (Phi) is 3.84. The van der Waals surface area contributed by atoms with Crippen LogP contribution < -0.4 is 15.8 Å². The molecular weight excluding hydrogens is 240 g/mol. The smallest absolute Gasteiger partial charge is 0.149 e. The summed E-state index contributed by atoms with van der Waals surface area (Å²) >= 11 is 0. The van der Waals surface area contributed by atoms with Crippen LogP contribution in [0.4, 0.5) is 11.5 Å². The first-order chi connectivity index (χ1) is 9.24. The van der Waals surface area contributed by atoms with Gasteiger partial charge in [-0.1, -0.05) is 18.2 Å². The number of aromatic nitrogens is 1. The molecule has 19 heavy (non-hydrogen) atoms. The lowest BCUT2D eigenvalue weighted by Gasteiger charge is -2.11. The van der Waals surface area contributed by atoms with Crippen molar-refractivity contribution in [1.29, 1.82) is 5.26 Å². The molecule has 0 saturated carbocycles. The van der Waals surface area contributed by atoms with Gasteiger partial charge < -0.3 is 15.8 Å². The fraction of sp³-hybridized carbons (Fsp3) is 0.143. The lowest BCUT2D eigenvalue weighted by molar-refractivity contribution is 0.410. The summed E-state index contributed by atoms with van der Waals surface area (Å²) in [5.74, 6) is 1.37. The first-order valence-corrected chi connectivity index (χ1v) is 5.76. The van der Waals surface area contributed by atoms with Crippen LogP contribution in [0, 0.1) is 11.3 Å². The molecule has 0 amide bonds. The molecule has 3 N–H and O–H groups in total. The van der Waals surface area contributed by atoms with Crippen LogP contribution in [0.3, 0.4) is 0 Å². The zero-order chi connectivity index (χ0) is 13.7. The normalized spacial score (nSPS) is 9.68. The predicted molar refractivity (Wildman–Crippen MR) is 73.7 cm³/mol. The van der Waals surface area contributed by atoms with Crippen molar-refractivity contribution in [2.24, 2.45) is 0 Å². The number of nitrogen functional groups attached to an aromatic ring is 1. The standard InChI is InChI=1S/C14H14N4O/c1-19-13-5-3-2-4-11(13)9-18-14-12(16)6-10(7-15)8-17-14/h2-6,8H,9,16H2,1H3,(H,17,18). The van der Waals surface area contributed by atoms with Crippen molar-refractivity contribution in [2.45, 2.75) is 6.54 Å². The van der Waals surface area contributed by atoms with Gasteiger partial charge in [0.25, 0.3) is 0 Å². The Labute approximate surface area is 111 Å². The van der Waals surface area contributed by atoms with Gasteiger partial charge in [-0.3, -0.25) is 0 Å². The van der Waals surface area contributed by atoms with Crippen molar-refractivity contribution in [1.82, 2.24) is 4.98 Å². The van der Waals surface area contributed by atoms with E-state index in [2.05, 4.69) is 10.3 Å². The number of nitrogens with zero attached hydrogens (tertiary/aromatic N) is 2.